The second-order valence-electron chi connectivity index (χ2n) is 9.85. The van der Waals surface area contributed by atoms with Crippen molar-refractivity contribution in [1.29, 1.82) is 10.5 Å². The van der Waals surface area contributed by atoms with Crippen molar-refractivity contribution >= 4 is 33.7 Å². The van der Waals surface area contributed by atoms with Crippen LogP contribution in [-0.4, -0.2) is 0 Å². The second kappa shape index (κ2) is 11.8. The Morgan fingerprint density at radius 3 is 1.05 bits per heavy atom. The molecule has 192 valence electrons. The molecular formula is C40H22N2. The van der Waals surface area contributed by atoms with Gasteiger partial charge in [0.25, 0.3) is 0 Å². The van der Waals surface area contributed by atoms with Gasteiger partial charge in [0, 0.05) is 22.3 Å². The molecule has 0 aromatic heterocycles. The molecule has 0 amide bonds. The van der Waals surface area contributed by atoms with Gasteiger partial charge in [-0.15, -0.1) is 0 Å². The van der Waals surface area contributed by atoms with E-state index < -0.39 is 0 Å². The van der Waals surface area contributed by atoms with Crippen molar-refractivity contribution in [2.75, 3.05) is 0 Å². The summed E-state index contributed by atoms with van der Waals surface area (Å²) in [4.78, 5) is 0. The molecule has 0 atom stereocenters. The summed E-state index contributed by atoms with van der Waals surface area (Å²) in [6.07, 6.45) is 4.27. The van der Waals surface area contributed by atoms with Crippen molar-refractivity contribution in [3.63, 3.8) is 0 Å². The predicted molar refractivity (Wildman–Crippen MR) is 171 cm³/mol. The number of rotatable bonds is 2. The average Bonchev–Trinajstić information content (AvgIpc) is 3.05. The second-order valence-corrected chi connectivity index (χ2v) is 9.85. The number of nitriles is 2. The highest BCUT2D eigenvalue weighted by Crippen LogP contribution is 2.22. The summed E-state index contributed by atoms with van der Waals surface area (Å²) in [6.45, 7) is 0. The van der Waals surface area contributed by atoms with Crippen molar-refractivity contribution in [2.24, 2.45) is 0 Å². The summed E-state index contributed by atoms with van der Waals surface area (Å²) in [6, 6.07) is 44.2. The molecule has 0 fully saturated rings. The van der Waals surface area contributed by atoms with Gasteiger partial charge in [-0.05, 0) is 118 Å². The minimum atomic E-state index is 0.633. The third-order valence-corrected chi connectivity index (χ3v) is 6.93. The maximum atomic E-state index is 8.95. The predicted octanol–water partition coefficient (Wildman–Crippen LogP) is 8.71. The maximum Gasteiger partial charge on any atom is 0.0991 e. The molecule has 2 heteroatoms. The number of nitrogens with zero attached hydrogens (tertiary/aromatic N) is 2. The van der Waals surface area contributed by atoms with Gasteiger partial charge in [0.2, 0.25) is 0 Å². The van der Waals surface area contributed by atoms with Gasteiger partial charge in [-0.2, -0.15) is 10.5 Å². The topological polar surface area (TPSA) is 47.6 Å². The summed E-state index contributed by atoms with van der Waals surface area (Å²) in [5.74, 6) is 12.8. The number of hydrogen-bond donors (Lipinski definition) is 0. The molecule has 0 N–H and O–H groups in total. The van der Waals surface area contributed by atoms with E-state index >= 15 is 0 Å². The van der Waals surface area contributed by atoms with Crippen LogP contribution in [0.3, 0.4) is 0 Å². The van der Waals surface area contributed by atoms with Crippen LogP contribution in [0.4, 0.5) is 0 Å². The number of fused-ring (bicyclic) bond motifs is 2. The van der Waals surface area contributed by atoms with Crippen LogP contribution >= 0.6 is 0 Å². The fourth-order valence-electron chi connectivity index (χ4n) is 4.63. The molecule has 0 bridgehead atoms. The SMILES string of the molecule is N#Cc1ccc(C#Cc2ccc3cc(/C=C/c4ccc5cc(C#Cc6ccc(C#N)cc6)ccc5c4)ccc3c2)cc1. The average molecular weight is 531 g/mol. The Morgan fingerprint density at radius 1 is 0.333 bits per heavy atom. The van der Waals surface area contributed by atoms with Gasteiger partial charge < -0.3 is 0 Å². The Labute approximate surface area is 245 Å². The van der Waals surface area contributed by atoms with Gasteiger partial charge >= 0.3 is 0 Å². The molecule has 6 aromatic rings. The first-order valence-electron chi connectivity index (χ1n) is 13.5. The highest BCUT2D eigenvalue weighted by Gasteiger charge is 1.99. The van der Waals surface area contributed by atoms with Crippen LogP contribution in [0.15, 0.2) is 121 Å². The fourth-order valence-corrected chi connectivity index (χ4v) is 4.63. The summed E-state index contributed by atoms with van der Waals surface area (Å²) in [5.41, 5.74) is 7.21. The van der Waals surface area contributed by atoms with Crippen LogP contribution in [0.25, 0.3) is 33.7 Å². The third-order valence-electron chi connectivity index (χ3n) is 6.93. The van der Waals surface area contributed by atoms with Gasteiger partial charge in [0.15, 0.2) is 0 Å². The van der Waals surface area contributed by atoms with E-state index in [-0.39, 0.29) is 0 Å². The minimum absolute atomic E-state index is 0.633. The first kappa shape index (κ1) is 25.9. The van der Waals surface area contributed by atoms with Crippen molar-refractivity contribution in [3.8, 4) is 35.8 Å². The lowest BCUT2D eigenvalue weighted by Crippen LogP contribution is -1.81. The maximum absolute atomic E-state index is 8.95. The van der Waals surface area contributed by atoms with Crippen molar-refractivity contribution < 1.29 is 0 Å². The van der Waals surface area contributed by atoms with E-state index in [4.69, 9.17) is 10.5 Å². The smallest absolute Gasteiger partial charge is 0.0991 e. The quantitative estimate of drug-likeness (QED) is 0.166. The highest BCUT2D eigenvalue weighted by atomic mass is 14.2. The van der Waals surface area contributed by atoms with E-state index in [1.54, 1.807) is 24.3 Å². The largest absolute Gasteiger partial charge is 0.192 e. The van der Waals surface area contributed by atoms with Gasteiger partial charge in [0.05, 0.1) is 23.3 Å². The fraction of sp³-hybridized carbons (Fsp3) is 0. The van der Waals surface area contributed by atoms with E-state index in [0.717, 1.165) is 54.9 Å². The highest BCUT2D eigenvalue weighted by molar-refractivity contribution is 5.89. The van der Waals surface area contributed by atoms with E-state index in [0.29, 0.717) is 11.1 Å². The van der Waals surface area contributed by atoms with Crippen LogP contribution in [0.2, 0.25) is 0 Å². The number of benzene rings is 6. The summed E-state index contributed by atoms with van der Waals surface area (Å²) >= 11 is 0. The number of hydrogen-bond acceptors (Lipinski definition) is 2. The minimum Gasteiger partial charge on any atom is -0.192 e. The Hall–Kier alpha value is -6.32. The third kappa shape index (κ3) is 6.12. The molecule has 0 spiro atoms. The molecule has 0 aliphatic rings. The van der Waals surface area contributed by atoms with Crippen molar-refractivity contribution in [2.45, 2.75) is 0 Å². The molecule has 0 radical (unpaired) electrons. The molecular weight excluding hydrogens is 508 g/mol. The molecule has 6 aromatic carbocycles. The summed E-state index contributed by atoms with van der Waals surface area (Å²) in [5, 5.41) is 22.5. The Bertz CT molecular complexity index is 2040. The summed E-state index contributed by atoms with van der Waals surface area (Å²) < 4.78 is 0. The molecule has 0 aliphatic carbocycles. The van der Waals surface area contributed by atoms with Gasteiger partial charge in [0.1, 0.15) is 0 Å². The van der Waals surface area contributed by atoms with Crippen molar-refractivity contribution in [1.82, 2.24) is 0 Å². The molecule has 0 aliphatic heterocycles. The molecule has 42 heavy (non-hydrogen) atoms. The molecule has 2 nitrogen and oxygen atoms in total. The first-order chi connectivity index (χ1) is 20.6. The Kier molecular flexibility index (Phi) is 7.30. The van der Waals surface area contributed by atoms with Crippen molar-refractivity contribution in [3.05, 3.63) is 166 Å². The lowest BCUT2D eigenvalue weighted by molar-refractivity contribution is 1.48. The van der Waals surface area contributed by atoms with Crippen LogP contribution in [0.5, 0.6) is 0 Å². The van der Waals surface area contributed by atoms with Crippen LogP contribution in [-0.2, 0) is 0 Å². The van der Waals surface area contributed by atoms with Crippen LogP contribution in [0, 0.1) is 46.3 Å². The zero-order chi connectivity index (χ0) is 28.7. The van der Waals surface area contributed by atoms with Gasteiger partial charge in [-0.1, -0.05) is 72.2 Å². The van der Waals surface area contributed by atoms with E-state index in [2.05, 4.69) is 109 Å². The zero-order valence-corrected chi connectivity index (χ0v) is 22.6. The Balaban J connectivity index is 1.16. The van der Waals surface area contributed by atoms with E-state index in [9.17, 15) is 0 Å². The van der Waals surface area contributed by atoms with E-state index in [1.807, 2.05) is 36.4 Å². The lowest BCUT2D eigenvalue weighted by atomic mass is 10.0. The standard InChI is InChI=1S/C40H22N2/c41-27-35-11-3-29(4-12-35)1-7-31-15-19-39-25-33(17-21-37(39)23-31)9-10-34-18-22-38-24-32(16-20-40(38)26-34)8-2-30-5-13-36(28-42)14-6-30/h3-6,9-26H/b10-9+. The molecule has 0 unspecified atom stereocenters. The van der Waals surface area contributed by atoms with Gasteiger partial charge in [-0.25, -0.2) is 0 Å². The van der Waals surface area contributed by atoms with E-state index in [1.165, 1.54) is 0 Å². The molecule has 6 rings (SSSR count). The monoisotopic (exact) mass is 530 g/mol. The molecule has 0 saturated heterocycles. The van der Waals surface area contributed by atoms with Gasteiger partial charge in [-0.3, -0.25) is 0 Å². The molecule has 0 saturated carbocycles. The Morgan fingerprint density at radius 2 is 0.643 bits per heavy atom. The zero-order valence-electron chi connectivity index (χ0n) is 22.6. The summed E-state index contributed by atoms with van der Waals surface area (Å²) in [7, 11) is 0. The molecule has 0 heterocycles. The first-order valence-corrected chi connectivity index (χ1v) is 13.5. The van der Waals surface area contributed by atoms with Crippen LogP contribution < -0.4 is 0 Å². The normalized spacial score (nSPS) is 10.3. The van der Waals surface area contributed by atoms with Crippen LogP contribution in [0.1, 0.15) is 44.5 Å². The lowest BCUT2D eigenvalue weighted by Gasteiger charge is -2.03.